The lowest BCUT2D eigenvalue weighted by Crippen LogP contribution is -2.29. The van der Waals surface area contributed by atoms with Gasteiger partial charge in [0.15, 0.2) is 0 Å². The van der Waals surface area contributed by atoms with Gasteiger partial charge in [0.1, 0.15) is 0 Å². The molecular formula is C10H16O3. The van der Waals surface area contributed by atoms with Crippen LogP contribution in [-0.2, 0) is 14.3 Å². The van der Waals surface area contributed by atoms with Crippen molar-refractivity contribution in [3.63, 3.8) is 0 Å². The molecule has 0 aromatic rings. The zero-order valence-corrected chi connectivity index (χ0v) is 8.21. The number of hydrogen-bond acceptors (Lipinski definition) is 3. The second-order valence-corrected chi connectivity index (χ2v) is 3.38. The molecule has 0 spiro atoms. The van der Waals surface area contributed by atoms with Crippen LogP contribution in [0.1, 0.15) is 19.3 Å². The van der Waals surface area contributed by atoms with Crippen molar-refractivity contribution in [2.45, 2.75) is 25.4 Å². The van der Waals surface area contributed by atoms with E-state index in [1.807, 2.05) is 0 Å². The molecule has 0 saturated heterocycles. The van der Waals surface area contributed by atoms with Crippen molar-refractivity contribution in [2.75, 3.05) is 14.2 Å². The molecule has 0 aromatic heterocycles. The number of ether oxygens (including phenoxy) is 2. The van der Waals surface area contributed by atoms with Crippen LogP contribution in [0.25, 0.3) is 0 Å². The van der Waals surface area contributed by atoms with Crippen LogP contribution in [-0.4, -0.2) is 26.3 Å². The summed E-state index contributed by atoms with van der Waals surface area (Å²) >= 11 is 0. The molecule has 1 fully saturated rings. The average Bonchev–Trinajstić information content (AvgIpc) is 2.17. The molecule has 0 aliphatic heterocycles. The van der Waals surface area contributed by atoms with Gasteiger partial charge in [-0.2, -0.15) is 0 Å². The SMILES string of the molecule is C=C1CCC(C(=O)OC)CC1OC. The Bertz CT molecular complexity index is 210. The molecular weight excluding hydrogens is 168 g/mol. The van der Waals surface area contributed by atoms with E-state index in [9.17, 15) is 4.79 Å². The molecule has 1 saturated carbocycles. The molecule has 0 heterocycles. The molecule has 3 heteroatoms. The van der Waals surface area contributed by atoms with Gasteiger partial charge in [0, 0.05) is 7.11 Å². The maximum absolute atomic E-state index is 11.2. The molecule has 1 rings (SSSR count). The Morgan fingerprint density at radius 3 is 2.77 bits per heavy atom. The lowest BCUT2D eigenvalue weighted by molar-refractivity contribution is -0.147. The van der Waals surface area contributed by atoms with Crippen LogP contribution in [0.4, 0.5) is 0 Å². The van der Waals surface area contributed by atoms with E-state index in [2.05, 4.69) is 6.58 Å². The summed E-state index contributed by atoms with van der Waals surface area (Å²) < 4.78 is 9.91. The molecule has 0 N–H and O–H groups in total. The summed E-state index contributed by atoms with van der Waals surface area (Å²) in [6.07, 6.45) is 2.43. The second-order valence-electron chi connectivity index (χ2n) is 3.38. The minimum Gasteiger partial charge on any atom is -0.469 e. The lowest BCUT2D eigenvalue weighted by Gasteiger charge is -2.28. The number of carbonyl (C=O) groups is 1. The minimum atomic E-state index is -0.130. The fraction of sp³-hybridized carbons (Fsp3) is 0.700. The predicted molar refractivity (Wildman–Crippen MR) is 49.3 cm³/mol. The van der Waals surface area contributed by atoms with Gasteiger partial charge in [0.25, 0.3) is 0 Å². The first kappa shape index (κ1) is 10.3. The zero-order chi connectivity index (χ0) is 9.84. The summed E-state index contributed by atoms with van der Waals surface area (Å²) in [5.74, 6) is -0.144. The van der Waals surface area contributed by atoms with Crippen LogP contribution < -0.4 is 0 Å². The highest BCUT2D eigenvalue weighted by molar-refractivity contribution is 5.72. The molecule has 0 bridgehead atoms. The molecule has 0 amide bonds. The first-order valence-corrected chi connectivity index (χ1v) is 4.47. The van der Waals surface area contributed by atoms with E-state index in [4.69, 9.17) is 9.47 Å². The van der Waals surface area contributed by atoms with Crippen LogP contribution in [0.5, 0.6) is 0 Å². The Morgan fingerprint density at radius 1 is 1.54 bits per heavy atom. The van der Waals surface area contributed by atoms with Crippen molar-refractivity contribution >= 4 is 5.97 Å². The average molecular weight is 184 g/mol. The van der Waals surface area contributed by atoms with Gasteiger partial charge >= 0.3 is 5.97 Å². The summed E-state index contributed by atoms with van der Waals surface area (Å²) in [6.45, 7) is 3.91. The zero-order valence-electron chi connectivity index (χ0n) is 8.21. The van der Waals surface area contributed by atoms with E-state index in [1.54, 1.807) is 7.11 Å². The highest BCUT2D eigenvalue weighted by atomic mass is 16.5. The lowest BCUT2D eigenvalue weighted by atomic mass is 9.84. The van der Waals surface area contributed by atoms with E-state index in [1.165, 1.54) is 7.11 Å². The van der Waals surface area contributed by atoms with Gasteiger partial charge in [-0.15, -0.1) is 0 Å². The maximum Gasteiger partial charge on any atom is 0.308 e. The third-order valence-corrected chi connectivity index (χ3v) is 2.59. The fourth-order valence-corrected chi connectivity index (χ4v) is 1.71. The quantitative estimate of drug-likeness (QED) is 0.482. The van der Waals surface area contributed by atoms with Gasteiger partial charge in [-0.05, 0) is 24.8 Å². The monoisotopic (exact) mass is 184 g/mol. The minimum absolute atomic E-state index is 0.0135. The number of esters is 1. The van der Waals surface area contributed by atoms with Crippen molar-refractivity contribution in [3.8, 4) is 0 Å². The van der Waals surface area contributed by atoms with Gasteiger partial charge in [-0.1, -0.05) is 6.58 Å². The summed E-state index contributed by atoms with van der Waals surface area (Å²) in [7, 11) is 3.07. The van der Waals surface area contributed by atoms with Gasteiger partial charge in [0.05, 0.1) is 19.1 Å². The Hall–Kier alpha value is -0.830. The summed E-state index contributed by atoms with van der Waals surface area (Å²) in [6, 6.07) is 0. The molecule has 2 atom stereocenters. The Balaban J connectivity index is 2.54. The van der Waals surface area contributed by atoms with Crippen LogP contribution in [0.2, 0.25) is 0 Å². The molecule has 2 unspecified atom stereocenters. The molecule has 1 aliphatic rings. The summed E-state index contributed by atoms with van der Waals surface area (Å²) in [5.41, 5.74) is 1.09. The molecule has 0 aromatic carbocycles. The van der Waals surface area contributed by atoms with Gasteiger partial charge < -0.3 is 9.47 Å². The molecule has 13 heavy (non-hydrogen) atoms. The number of carbonyl (C=O) groups excluding carboxylic acids is 1. The predicted octanol–water partition coefficient (Wildman–Crippen LogP) is 1.53. The maximum atomic E-state index is 11.2. The molecule has 1 aliphatic carbocycles. The fourth-order valence-electron chi connectivity index (χ4n) is 1.71. The third kappa shape index (κ3) is 2.31. The number of rotatable bonds is 2. The van der Waals surface area contributed by atoms with Crippen LogP contribution >= 0.6 is 0 Å². The largest absolute Gasteiger partial charge is 0.469 e. The van der Waals surface area contributed by atoms with Crippen molar-refractivity contribution in [3.05, 3.63) is 12.2 Å². The van der Waals surface area contributed by atoms with Gasteiger partial charge in [-0.25, -0.2) is 0 Å². The third-order valence-electron chi connectivity index (χ3n) is 2.59. The Kier molecular flexibility index (Phi) is 3.48. The van der Waals surface area contributed by atoms with E-state index < -0.39 is 0 Å². The Morgan fingerprint density at radius 2 is 2.23 bits per heavy atom. The highest BCUT2D eigenvalue weighted by Gasteiger charge is 2.29. The number of methoxy groups -OCH3 is 2. The van der Waals surface area contributed by atoms with E-state index in [0.29, 0.717) is 6.42 Å². The van der Waals surface area contributed by atoms with E-state index in [-0.39, 0.29) is 18.0 Å². The molecule has 3 nitrogen and oxygen atoms in total. The van der Waals surface area contributed by atoms with Crippen LogP contribution in [0.3, 0.4) is 0 Å². The first-order chi connectivity index (χ1) is 6.19. The van der Waals surface area contributed by atoms with E-state index >= 15 is 0 Å². The smallest absolute Gasteiger partial charge is 0.308 e. The first-order valence-electron chi connectivity index (χ1n) is 4.47. The normalized spacial score (nSPS) is 28.6. The molecule has 0 radical (unpaired) electrons. The topological polar surface area (TPSA) is 35.5 Å². The van der Waals surface area contributed by atoms with Crippen LogP contribution in [0, 0.1) is 5.92 Å². The van der Waals surface area contributed by atoms with Crippen molar-refractivity contribution in [1.29, 1.82) is 0 Å². The van der Waals surface area contributed by atoms with Crippen molar-refractivity contribution in [1.82, 2.24) is 0 Å². The van der Waals surface area contributed by atoms with Crippen molar-refractivity contribution in [2.24, 2.45) is 5.92 Å². The summed E-state index contributed by atoms with van der Waals surface area (Å²) in [4.78, 5) is 11.2. The number of hydrogen-bond donors (Lipinski definition) is 0. The van der Waals surface area contributed by atoms with Gasteiger partial charge in [-0.3, -0.25) is 4.79 Å². The van der Waals surface area contributed by atoms with E-state index in [0.717, 1.165) is 18.4 Å². The summed E-state index contributed by atoms with van der Waals surface area (Å²) in [5, 5.41) is 0. The van der Waals surface area contributed by atoms with Crippen molar-refractivity contribution < 1.29 is 14.3 Å². The Labute approximate surface area is 78.7 Å². The molecule has 74 valence electrons. The standard InChI is InChI=1S/C10H16O3/c1-7-4-5-8(10(11)13-3)6-9(7)12-2/h8-9H,1,4-6H2,2-3H3. The van der Waals surface area contributed by atoms with Crippen LogP contribution in [0.15, 0.2) is 12.2 Å². The van der Waals surface area contributed by atoms with Gasteiger partial charge in [0.2, 0.25) is 0 Å². The highest BCUT2D eigenvalue weighted by Crippen LogP contribution is 2.29. The second kappa shape index (κ2) is 4.42.